The number of benzene rings is 1. The maximum atomic E-state index is 10.8. The molecule has 0 saturated heterocycles. The summed E-state index contributed by atoms with van der Waals surface area (Å²) in [6.45, 7) is 0. The van der Waals surface area contributed by atoms with Crippen molar-refractivity contribution in [1.82, 2.24) is 4.98 Å². The van der Waals surface area contributed by atoms with Gasteiger partial charge in [-0.3, -0.25) is 10.1 Å². The van der Waals surface area contributed by atoms with Crippen LogP contribution >= 0.6 is 11.6 Å². The number of halogens is 1. The van der Waals surface area contributed by atoms with Crippen LogP contribution in [-0.4, -0.2) is 9.91 Å². The molecule has 0 fully saturated rings. The second kappa shape index (κ2) is 4.80. The van der Waals surface area contributed by atoms with Gasteiger partial charge in [-0.25, -0.2) is 4.98 Å². The molecule has 0 radical (unpaired) electrons. The first-order valence-corrected chi connectivity index (χ1v) is 5.07. The smallest absolute Gasteiger partial charge is 0.329 e. The lowest BCUT2D eigenvalue weighted by Gasteiger charge is -2.05. The van der Waals surface area contributed by atoms with Gasteiger partial charge in [-0.15, -0.1) is 0 Å². The molecule has 0 aliphatic carbocycles. The summed E-state index contributed by atoms with van der Waals surface area (Å²) < 4.78 is 5.39. The Balaban J connectivity index is 2.37. The van der Waals surface area contributed by atoms with E-state index in [1.807, 2.05) is 6.07 Å². The van der Waals surface area contributed by atoms with E-state index in [-0.39, 0.29) is 16.6 Å². The summed E-state index contributed by atoms with van der Waals surface area (Å²) in [6, 6.07) is 10.1. The molecule has 0 saturated carbocycles. The Labute approximate surface area is 102 Å². The molecule has 0 spiro atoms. The van der Waals surface area contributed by atoms with Crippen LogP contribution in [0, 0.1) is 10.1 Å². The Morgan fingerprint density at radius 2 is 2.00 bits per heavy atom. The first kappa shape index (κ1) is 11.3. The van der Waals surface area contributed by atoms with Crippen molar-refractivity contribution < 1.29 is 9.66 Å². The Hall–Kier alpha value is -2.14. The predicted molar refractivity (Wildman–Crippen MR) is 62.4 cm³/mol. The number of hydrogen-bond acceptors (Lipinski definition) is 4. The molecule has 0 aliphatic heterocycles. The molecule has 0 amide bonds. The predicted octanol–water partition coefficient (Wildman–Crippen LogP) is 3.44. The van der Waals surface area contributed by atoms with Gasteiger partial charge in [-0.05, 0) is 12.1 Å². The lowest BCUT2D eigenvalue weighted by atomic mass is 10.3. The highest BCUT2D eigenvalue weighted by Crippen LogP contribution is 2.32. The van der Waals surface area contributed by atoms with Crippen molar-refractivity contribution in [2.75, 3.05) is 0 Å². The topological polar surface area (TPSA) is 65.3 Å². The standard InChI is InChI=1S/C11H7ClN2O3/c12-11-6-10(9(7-13-11)14(15)16)17-8-4-2-1-3-5-8/h1-7H. The van der Waals surface area contributed by atoms with Crippen LogP contribution in [0.25, 0.3) is 0 Å². The molecular formula is C11H7ClN2O3. The molecule has 0 aliphatic rings. The highest BCUT2D eigenvalue weighted by Gasteiger charge is 2.17. The number of hydrogen-bond donors (Lipinski definition) is 0. The quantitative estimate of drug-likeness (QED) is 0.475. The molecule has 0 bridgehead atoms. The molecule has 6 heteroatoms. The highest BCUT2D eigenvalue weighted by atomic mass is 35.5. The molecule has 5 nitrogen and oxygen atoms in total. The van der Waals surface area contributed by atoms with Gasteiger partial charge in [0.05, 0.1) is 4.92 Å². The van der Waals surface area contributed by atoms with Crippen molar-refractivity contribution in [3.63, 3.8) is 0 Å². The second-order valence-electron chi connectivity index (χ2n) is 3.15. The van der Waals surface area contributed by atoms with E-state index in [4.69, 9.17) is 16.3 Å². The summed E-state index contributed by atoms with van der Waals surface area (Å²) in [6.07, 6.45) is 1.07. The van der Waals surface area contributed by atoms with Gasteiger partial charge in [0.2, 0.25) is 5.75 Å². The zero-order valence-corrected chi connectivity index (χ0v) is 9.29. The molecule has 1 aromatic carbocycles. The van der Waals surface area contributed by atoms with Gasteiger partial charge in [0.1, 0.15) is 17.1 Å². The maximum Gasteiger partial charge on any atom is 0.329 e. The fourth-order valence-electron chi connectivity index (χ4n) is 1.24. The van der Waals surface area contributed by atoms with E-state index in [0.29, 0.717) is 5.75 Å². The Bertz CT molecular complexity index is 546. The highest BCUT2D eigenvalue weighted by molar-refractivity contribution is 6.29. The van der Waals surface area contributed by atoms with Crippen molar-refractivity contribution >= 4 is 17.3 Å². The van der Waals surface area contributed by atoms with Crippen LogP contribution in [0.2, 0.25) is 5.15 Å². The van der Waals surface area contributed by atoms with E-state index >= 15 is 0 Å². The van der Waals surface area contributed by atoms with Gasteiger partial charge in [-0.2, -0.15) is 0 Å². The SMILES string of the molecule is O=[N+]([O-])c1cnc(Cl)cc1Oc1ccccc1. The molecule has 2 rings (SSSR count). The molecule has 2 aromatic rings. The first-order chi connectivity index (χ1) is 8.16. The van der Waals surface area contributed by atoms with E-state index < -0.39 is 4.92 Å². The van der Waals surface area contributed by atoms with Crippen LogP contribution in [0.1, 0.15) is 0 Å². The number of nitro groups is 1. The van der Waals surface area contributed by atoms with Crippen LogP contribution in [0.4, 0.5) is 5.69 Å². The summed E-state index contributed by atoms with van der Waals surface area (Å²) in [5, 5.41) is 10.9. The Kier molecular flexibility index (Phi) is 3.20. The largest absolute Gasteiger partial charge is 0.450 e. The minimum absolute atomic E-state index is 0.0706. The second-order valence-corrected chi connectivity index (χ2v) is 3.53. The zero-order valence-electron chi connectivity index (χ0n) is 8.54. The third-order valence-electron chi connectivity index (χ3n) is 1.98. The van der Waals surface area contributed by atoms with Crippen LogP contribution in [-0.2, 0) is 0 Å². The van der Waals surface area contributed by atoms with E-state index in [2.05, 4.69) is 4.98 Å². The normalized spacial score (nSPS) is 9.94. The van der Waals surface area contributed by atoms with Gasteiger partial charge in [0.25, 0.3) is 0 Å². The average Bonchev–Trinajstić information content (AvgIpc) is 2.30. The van der Waals surface area contributed by atoms with Gasteiger partial charge in [0, 0.05) is 6.07 Å². The van der Waals surface area contributed by atoms with Crippen molar-refractivity contribution in [3.05, 3.63) is 57.9 Å². The number of nitrogens with zero attached hydrogens (tertiary/aromatic N) is 2. The van der Waals surface area contributed by atoms with E-state index in [0.717, 1.165) is 6.20 Å². The van der Waals surface area contributed by atoms with Crippen LogP contribution < -0.4 is 4.74 Å². The maximum absolute atomic E-state index is 10.8. The van der Waals surface area contributed by atoms with Crippen LogP contribution in [0.3, 0.4) is 0 Å². The molecular weight excluding hydrogens is 244 g/mol. The van der Waals surface area contributed by atoms with E-state index in [1.165, 1.54) is 6.07 Å². The molecule has 1 heterocycles. The van der Waals surface area contributed by atoms with Crippen molar-refractivity contribution in [2.45, 2.75) is 0 Å². The summed E-state index contributed by atoms with van der Waals surface area (Å²) in [5.74, 6) is 0.569. The molecule has 86 valence electrons. The van der Waals surface area contributed by atoms with Crippen molar-refractivity contribution in [2.24, 2.45) is 0 Å². The molecule has 17 heavy (non-hydrogen) atoms. The van der Waals surface area contributed by atoms with Crippen LogP contribution in [0.15, 0.2) is 42.6 Å². The third kappa shape index (κ3) is 2.70. The van der Waals surface area contributed by atoms with Gasteiger partial charge < -0.3 is 4.74 Å². The number of aromatic nitrogens is 1. The summed E-state index contributed by atoms with van der Waals surface area (Å²) >= 11 is 5.67. The van der Waals surface area contributed by atoms with Gasteiger partial charge in [-0.1, -0.05) is 29.8 Å². The fraction of sp³-hybridized carbons (Fsp3) is 0. The minimum Gasteiger partial charge on any atom is -0.450 e. The third-order valence-corrected chi connectivity index (χ3v) is 2.19. The van der Waals surface area contributed by atoms with Crippen molar-refractivity contribution in [1.29, 1.82) is 0 Å². The molecule has 0 N–H and O–H groups in total. The zero-order chi connectivity index (χ0) is 12.3. The van der Waals surface area contributed by atoms with E-state index in [9.17, 15) is 10.1 Å². The molecule has 0 unspecified atom stereocenters. The fourth-order valence-corrected chi connectivity index (χ4v) is 1.39. The van der Waals surface area contributed by atoms with Gasteiger partial charge in [0.15, 0.2) is 0 Å². The van der Waals surface area contributed by atoms with Crippen LogP contribution in [0.5, 0.6) is 11.5 Å². The van der Waals surface area contributed by atoms with Gasteiger partial charge >= 0.3 is 5.69 Å². The average molecular weight is 251 g/mol. The molecule has 1 aromatic heterocycles. The van der Waals surface area contributed by atoms with E-state index in [1.54, 1.807) is 24.3 Å². The number of ether oxygens (including phenoxy) is 1. The van der Waals surface area contributed by atoms with Crippen molar-refractivity contribution in [3.8, 4) is 11.5 Å². The Morgan fingerprint density at radius 3 is 2.65 bits per heavy atom. The summed E-state index contributed by atoms with van der Waals surface area (Å²) in [5.41, 5.74) is -0.224. The summed E-state index contributed by atoms with van der Waals surface area (Å²) in [7, 11) is 0. The summed E-state index contributed by atoms with van der Waals surface area (Å²) in [4.78, 5) is 13.8. The lowest BCUT2D eigenvalue weighted by molar-refractivity contribution is -0.386. The lowest BCUT2D eigenvalue weighted by Crippen LogP contribution is -1.94. The number of pyridine rings is 1. The number of rotatable bonds is 3. The monoisotopic (exact) mass is 250 g/mol. The molecule has 0 atom stereocenters. The number of para-hydroxylation sites is 1. The minimum atomic E-state index is -0.568. The first-order valence-electron chi connectivity index (χ1n) is 4.69. The Morgan fingerprint density at radius 1 is 1.29 bits per heavy atom.